The summed E-state index contributed by atoms with van der Waals surface area (Å²) in [5.41, 5.74) is 0.389. The van der Waals surface area contributed by atoms with Crippen molar-refractivity contribution in [1.29, 1.82) is 0 Å². The molecular weight excluding hydrogens is 198 g/mol. The topological polar surface area (TPSA) is 21.3 Å². The third-order valence-corrected chi connectivity index (χ3v) is 4.02. The molecule has 1 rings (SSSR count). The van der Waals surface area contributed by atoms with Crippen LogP contribution in [0.25, 0.3) is 0 Å². The summed E-state index contributed by atoms with van der Waals surface area (Å²) in [5.74, 6) is 0.764. The van der Waals surface area contributed by atoms with E-state index >= 15 is 0 Å². The molecule has 0 spiro atoms. The average Bonchev–Trinajstić information content (AvgIpc) is 2.46. The predicted molar refractivity (Wildman–Crippen MR) is 69.7 cm³/mol. The van der Waals surface area contributed by atoms with Gasteiger partial charge in [-0.1, -0.05) is 20.8 Å². The van der Waals surface area contributed by atoms with Crippen molar-refractivity contribution in [2.75, 3.05) is 13.7 Å². The lowest BCUT2D eigenvalue weighted by atomic mass is 9.72. The number of rotatable bonds is 5. The first-order valence-electron chi connectivity index (χ1n) is 6.58. The molecule has 0 radical (unpaired) electrons. The first kappa shape index (κ1) is 14.0. The van der Waals surface area contributed by atoms with Gasteiger partial charge < -0.3 is 10.1 Å². The lowest BCUT2D eigenvalue weighted by Gasteiger charge is -2.38. The van der Waals surface area contributed by atoms with Gasteiger partial charge in [0.25, 0.3) is 0 Å². The summed E-state index contributed by atoms with van der Waals surface area (Å²) in [6.07, 6.45) is 3.69. The highest BCUT2D eigenvalue weighted by molar-refractivity contribution is 4.97. The molecule has 2 atom stereocenters. The van der Waals surface area contributed by atoms with Crippen molar-refractivity contribution in [3.05, 3.63) is 0 Å². The van der Waals surface area contributed by atoms with Gasteiger partial charge in [-0.15, -0.1) is 0 Å². The van der Waals surface area contributed by atoms with Crippen molar-refractivity contribution in [2.45, 2.75) is 65.5 Å². The van der Waals surface area contributed by atoms with E-state index in [0.717, 1.165) is 18.9 Å². The fraction of sp³-hybridized carbons (Fsp3) is 1.00. The van der Waals surface area contributed by atoms with E-state index in [-0.39, 0.29) is 5.60 Å². The molecule has 1 heterocycles. The monoisotopic (exact) mass is 227 g/mol. The van der Waals surface area contributed by atoms with E-state index in [0.29, 0.717) is 11.5 Å². The standard InChI is InChI=1S/C14H29NO/c1-11(2)9-12-14(5,7-8-15-12)10-13(3,4)16-6/h11-12,15H,7-10H2,1-6H3. The highest BCUT2D eigenvalue weighted by Gasteiger charge is 2.42. The molecule has 16 heavy (non-hydrogen) atoms. The zero-order valence-electron chi connectivity index (χ0n) is 11.9. The summed E-state index contributed by atoms with van der Waals surface area (Å²) in [6, 6.07) is 0.655. The van der Waals surface area contributed by atoms with E-state index in [1.807, 2.05) is 7.11 Å². The van der Waals surface area contributed by atoms with E-state index in [9.17, 15) is 0 Å². The number of methoxy groups -OCH3 is 1. The van der Waals surface area contributed by atoms with Gasteiger partial charge in [-0.25, -0.2) is 0 Å². The smallest absolute Gasteiger partial charge is 0.0628 e. The Morgan fingerprint density at radius 3 is 2.56 bits per heavy atom. The second-order valence-corrected chi connectivity index (χ2v) is 6.68. The van der Waals surface area contributed by atoms with Crippen LogP contribution in [-0.2, 0) is 4.74 Å². The number of hydrogen-bond acceptors (Lipinski definition) is 2. The van der Waals surface area contributed by atoms with Crippen molar-refractivity contribution in [3.8, 4) is 0 Å². The third kappa shape index (κ3) is 3.46. The second-order valence-electron chi connectivity index (χ2n) is 6.68. The molecule has 2 unspecified atom stereocenters. The average molecular weight is 227 g/mol. The Labute approximate surface area is 101 Å². The minimum absolute atomic E-state index is 0.00397. The van der Waals surface area contributed by atoms with E-state index < -0.39 is 0 Å². The van der Waals surface area contributed by atoms with Crippen molar-refractivity contribution >= 4 is 0 Å². The summed E-state index contributed by atoms with van der Waals surface area (Å²) < 4.78 is 5.59. The molecule has 1 N–H and O–H groups in total. The number of nitrogens with one attached hydrogen (secondary N) is 1. The van der Waals surface area contributed by atoms with E-state index in [1.54, 1.807) is 0 Å². The second kappa shape index (κ2) is 5.05. The molecule has 2 nitrogen and oxygen atoms in total. The van der Waals surface area contributed by atoms with Crippen molar-refractivity contribution < 1.29 is 4.74 Å². The Morgan fingerprint density at radius 1 is 1.44 bits per heavy atom. The third-order valence-electron chi connectivity index (χ3n) is 4.02. The van der Waals surface area contributed by atoms with Crippen molar-refractivity contribution in [2.24, 2.45) is 11.3 Å². The van der Waals surface area contributed by atoms with Gasteiger partial charge in [0, 0.05) is 13.2 Å². The van der Waals surface area contributed by atoms with Crippen LogP contribution in [0.2, 0.25) is 0 Å². The Balaban J connectivity index is 2.66. The molecule has 0 aromatic carbocycles. The SMILES string of the molecule is COC(C)(C)CC1(C)CCNC1CC(C)C. The number of ether oxygens (including phenoxy) is 1. The maximum atomic E-state index is 5.59. The molecule has 0 amide bonds. The minimum atomic E-state index is -0.00397. The van der Waals surface area contributed by atoms with Gasteiger partial charge in [0.15, 0.2) is 0 Å². The van der Waals surface area contributed by atoms with E-state index in [2.05, 4.69) is 39.9 Å². The summed E-state index contributed by atoms with van der Waals surface area (Å²) >= 11 is 0. The molecular formula is C14H29NO. The molecule has 1 aliphatic heterocycles. The van der Waals surface area contributed by atoms with Crippen LogP contribution in [-0.4, -0.2) is 25.3 Å². The fourth-order valence-corrected chi connectivity index (χ4v) is 3.05. The Kier molecular flexibility index (Phi) is 4.42. The van der Waals surface area contributed by atoms with Gasteiger partial charge in [0.05, 0.1) is 5.60 Å². The molecule has 0 aromatic rings. The Bertz CT molecular complexity index is 225. The largest absolute Gasteiger partial charge is 0.379 e. The van der Waals surface area contributed by atoms with Crippen LogP contribution < -0.4 is 5.32 Å². The fourth-order valence-electron chi connectivity index (χ4n) is 3.05. The molecule has 0 saturated carbocycles. The summed E-state index contributed by atoms with van der Waals surface area (Å²) in [6.45, 7) is 12.6. The minimum Gasteiger partial charge on any atom is -0.379 e. The maximum Gasteiger partial charge on any atom is 0.0628 e. The first-order valence-corrected chi connectivity index (χ1v) is 6.58. The van der Waals surface area contributed by atoms with Crippen LogP contribution in [0.4, 0.5) is 0 Å². The van der Waals surface area contributed by atoms with Crippen molar-refractivity contribution in [1.82, 2.24) is 5.32 Å². The summed E-state index contributed by atoms with van der Waals surface area (Å²) in [5, 5.41) is 3.67. The van der Waals surface area contributed by atoms with Gasteiger partial charge in [0.1, 0.15) is 0 Å². The lowest BCUT2D eigenvalue weighted by molar-refractivity contribution is -0.0208. The lowest BCUT2D eigenvalue weighted by Crippen LogP contribution is -2.41. The van der Waals surface area contributed by atoms with Crippen LogP contribution in [0.5, 0.6) is 0 Å². The molecule has 2 heteroatoms. The molecule has 0 aromatic heterocycles. The van der Waals surface area contributed by atoms with E-state index in [1.165, 1.54) is 12.8 Å². The molecule has 1 saturated heterocycles. The zero-order valence-corrected chi connectivity index (χ0v) is 11.9. The van der Waals surface area contributed by atoms with Crippen LogP contribution in [0, 0.1) is 11.3 Å². The van der Waals surface area contributed by atoms with Gasteiger partial charge in [-0.05, 0) is 51.0 Å². The highest BCUT2D eigenvalue weighted by atomic mass is 16.5. The van der Waals surface area contributed by atoms with Crippen LogP contribution in [0.3, 0.4) is 0 Å². The molecule has 96 valence electrons. The predicted octanol–water partition coefficient (Wildman–Crippen LogP) is 3.22. The highest BCUT2D eigenvalue weighted by Crippen LogP contribution is 2.41. The molecule has 0 bridgehead atoms. The maximum absolute atomic E-state index is 5.59. The molecule has 1 aliphatic rings. The Hall–Kier alpha value is -0.0800. The zero-order chi connectivity index (χ0) is 12.4. The van der Waals surface area contributed by atoms with Crippen LogP contribution in [0.1, 0.15) is 53.9 Å². The first-order chi connectivity index (χ1) is 7.29. The molecule has 0 aliphatic carbocycles. The van der Waals surface area contributed by atoms with Gasteiger partial charge in [0.2, 0.25) is 0 Å². The number of hydrogen-bond donors (Lipinski definition) is 1. The normalized spacial score (nSPS) is 31.3. The van der Waals surface area contributed by atoms with E-state index in [4.69, 9.17) is 4.74 Å². The molecule has 1 fully saturated rings. The van der Waals surface area contributed by atoms with Gasteiger partial charge >= 0.3 is 0 Å². The van der Waals surface area contributed by atoms with Crippen LogP contribution in [0.15, 0.2) is 0 Å². The van der Waals surface area contributed by atoms with Crippen LogP contribution >= 0.6 is 0 Å². The quantitative estimate of drug-likeness (QED) is 0.778. The van der Waals surface area contributed by atoms with Gasteiger partial charge in [-0.2, -0.15) is 0 Å². The summed E-state index contributed by atoms with van der Waals surface area (Å²) in [7, 11) is 1.82. The summed E-state index contributed by atoms with van der Waals surface area (Å²) in [4.78, 5) is 0. The van der Waals surface area contributed by atoms with Crippen molar-refractivity contribution in [3.63, 3.8) is 0 Å². The Morgan fingerprint density at radius 2 is 2.06 bits per heavy atom. The van der Waals surface area contributed by atoms with Gasteiger partial charge in [-0.3, -0.25) is 0 Å².